The highest BCUT2D eigenvalue weighted by molar-refractivity contribution is 7.19. The van der Waals surface area contributed by atoms with Gasteiger partial charge in [-0.2, -0.15) is 5.10 Å². The highest BCUT2D eigenvalue weighted by Gasteiger charge is 2.15. The van der Waals surface area contributed by atoms with Gasteiger partial charge < -0.3 is 9.73 Å². The van der Waals surface area contributed by atoms with Gasteiger partial charge in [-0.25, -0.2) is 4.68 Å². The monoisotopic (exact) mass is 356 g/mol. The molecule has 0 aromatic carbocycles. The van der Waals surface area contributed by atoms with Crippen molar-refractivity contribution in [3.05, 3.63) is 57.3 Å². The van der Waals surface area contributed by atoms with Crippen LogP contribution >= 0.6 is 11.3 Å². The van der Waals surface area contributed by atoms with Crippen molar-refractivity contribution in [2.75, 3.05) is 0 Å². The van der Waals surface area contributed by atoms with Gasteiger partial charge in [-0.15, -0.1) is 11.3 Å². The van der Waals surface area contributed by atoms with Crippen molar-refractivity contribution in [2.24, 2.45) is 0 Å². The molecule has 0 saturated heterocycles. The van der Waals surface area contributed by atoms with Gasteiger partial charge in [-0.1, -0.05) is 0 Å². The number of hydrogen-bond acceptors (Lipinski definition) is 5. The summed E-state index contributed by atoms with van der Waals surface area (Å²) in [7, 11) is 0. The Morgan fingerprint density at radius 2 is 2.16 bits per heavy atom. The van der Waals surface area contributed by atoms with Crippen molar-refractivity contribution < 1.29 is 9.21 Å². The number of hydrogen-bond donors (Lipinski definition) is 1. The summed E-state index contributed by atoms with van der Waals surface area (Å²) in [5, 5.41) is 7.03. The number of aryl methyl sites for hydroxylation is 2. The summed E-state index contributed by atoms with van der Waals surface area (Å²) >= 11 is 1.64. The Labute approximate surface area is 146 Å². The van der Waals surface area contributed by atoms with Gasteiger partial charge in [0.05, 0.1) is 23.0 Å². The number of nitrogens with zero attached hydrogens (tertiary/aromatic N) is 3. The third-order valence-corrected chi connectivity index (χ3v) is 4.98. The van der Waals surface area contributed by atoms with Crippen LogP contribution < -0.4 is 10.9 Å². The Balaban J connectivity index is 1.64. The number of aromatic nitrogens is 3. The van der Waals surface area contributed by atoms with Crippen LogP contribution in [0.15, 0.2) is 39.7 Å². The Morgan fingerprint density at radius 1 is 1.32 bits per heavy atom. The number of amides is 1. The molecule has 7 nitrogen and oxygen atoms in total. The molecule has 1 N–H and O–H groups in total. The van der Waals surface area contributed by atoms with E-state index < -0.39 is 0 Å². The van der Waals surface area contributed by atoms with Gasteiger partial charge in [0.25, 0.3) is 5.56 Å². The Bertz CT molecular complexity index is 1130. The third-order valence-electron chi connectivity index (χ3n) is 3.99. The van der Waals surface area contributed by atoms with Gasteiger partial charge in [-0.05, 0) is 38.1 Å². The molecule has 4 rings (SSSR count). The molecule has 128 valence electrons. The maximum Gasteiger partial charge on any atom is 0.291 e. The van der Waals surface area contributed by atoms with Gasteiger partial charge in [0.1, 0.15) is 23.6 Å². The summed E-state index contributed by atoms with van der Waals surface area (Å²) in [6.07, 6.45) is 1.55. The second kappa shape index (κ2) is 5.89. The van der Waals surface area contributed by atoms with Crippen molar-refractivity contribution in [1.82, 2.24) is 19.5 Å². The first-order valence-corrected chi connectivity index (χ1v) is 8.63. The lowest BCUT2D eigenvalue weighted by Crippen LogP contribution is -2.34. The molecule has 4 aromatic heterocycles. The highest BCUT2D eigenvalue weighted by Crippen LogP contribution is 2.27. The molecule has 0 spiro atoms. The molecule has 0 aliphatic rings. The van der Waals surface area contributed by atoms with E-state index in [9.17, 15) is 9.59 Å². The molecular weight excluding hydrogens is 340 g/mol. The minimum absolute atomic E-state index is 0.130. The zero-order valence-electron chi connectivity index (χ0n) is 13.8. The van der Waals surface area contributed by atoms with Crippen molar-refractivity contribution >= 4 is 33.0 Å². The molecule has 4 aromatic rings. The fraction of sp³-hybridized carbons (Fsp3) is 0.235. The van der Waals surface area contributed by atoms with E-state index in [0.29, 0.717) is 17.1 Å². The van der Waals surface area contributed by atoms with Crippen LogP contribution in [-0.4, -0.2) is 20.1 Å². The molecule has 0 aliphatic heterocycles. The molecule has 0 radical (unpaired) electrons. The number of fused-ring (bicyclic) bond motifs is 3. The number of rotatable bonds is 4. The molecule has 0 unspecified atom stereocenters. The minimum atomic E-state index is -0.293. The zero-order chi connectivity index (χ0) is 17.6. The molecule has 0 bridgehead atoms. The maximum atomic E-state index is 12.7. The van der Waals surface area contributed by atoms with Crippen LogP contribution in [0, 0.1) is 13.8 Å². The van der Waals surface area contributed by atoms with E-state index in [4.69, 9.17) is 4.42 Å². The van der Waals surface area contributed by atoms with E-state index in [1.165, 1.54) is 9.56 Å². The summed E-state index contributed by atoms with van der Waals surface area (Å²) in [6.45, 7) is 4.01. The summed E-state index contributed by atoms with van der Waals surface area (Å²) in [6, 6.07) is 7.43. The first-order chi connectivity index (χ1) is 12.0. The fourth-order valence-electron chi connectivity index (χ4n) is 2.92. The van der Waals surface area contributed by atoms with Crippen LogP contribution in [0.2, 0.25) is 0 Å². The van der Waals surface area contributed by atoms with Crippen LogP contribution in [0.1, 0.15) is 16.5 Å². The average Bonchev–Trinajstić information content (AvgIpc) is 3.25. The number of nitrogens with one attached hydrogen (secondary N) is 1. The SMILES string of the molecule is Cc1cc2c(cc3c(=O)n(CC(=O)NCc4ccco4)nc(C)n32)s1. The predicted molar refractivity (Wildman–Crippen MR) is 94.9 cm³/mol. The molecular formula is C17H16N4O3S. The Hall–Kier alpha value is -2.87. The predicted octanol–water partition coefficient (Wildman–Crippen LogP) is 2.24. The first kappa shape index (κ1) is 15.6. The Kier molecular flexibility index (Phi) is 3.69. The molecule has 0 fully saturated rings. The summed E-state index contributed by atoms with van der Waals surface area (Å²) in [4.78, 5) is 26.0. The van der Waals surface area contributed by atoms with Crippen molar-refractivity contribution in [3.8, 4) is 0 Å². The van der Waals surface area contributed by atoms with Crippen molar-refractivity contribution in [3.63, 3.8) is 0 Å². The highest BCUT2D eigenvalue weighted by atomic mass is 32.1. The van der Waals surface area contributed by atoms with Gasteiger partial charge in [-0.3, -0.25) is 14.0 Å². The number of carbonyl (C=O) groups excluding carboxylic acids is 1. The zero-order valence-corrected chi connectivity index (χ0v) is 14.6. The normalized spacial score (nSPS) is 11.4. The number of thiophene rings is 1. The van der Waals surface area contributed by atoms with E-state index in [2.05, 4.69) is 10.4 Å². The summed E-state index contributed by atoms with van der Waals surface area (Å²) < 4.78 is 9.26. The molecule has 8 heteroatoms. The van der Waals surface area contributed by atoms with Gasteiger partial charge in [0.15, 0.2) is 0 Å². The molecule has 25 heavy (non-hydrogen) atoms. The third kappa shape index (κ3) is 2.74. The van der Waals surface area contributed by atoms with E-state index in [0.717, 1.165) is 10.2 Å². The van der Waals surface area contributed by atoms with Gasteiger partial charge in [0.2, 0.25) is 5.91 Å². The van der Waals surface area contributed by atoms with E-state index in [-0.39, 0.29) is 24.6 Å². The second-order valence-electron chi connectivity index (χ2n) is 5.84. The van der Waals surface area contributed by atoms with Crippen LogP contribution in [0.3, 0.4) is 0 Å². The van der Waals surface area contributed by atoms with E-state index in [1.807, 2.05) is 30.4 Å². The molecule has 0 aliphatic carbocycles. The lowest BCUT2D eigenvalue weighted by Gasteiger charge is -2.08. The van der Waals surface area contributed by atoms with Crippen molar-refractivity contribution in [2.45, 2.75) is 26.9 Å². The van der Waals surface area contributed by atoms with Crippen LogP contribution in [-0.2, 0) is 17.9 Å². The number of furan rings is 1. The Morgan fingerprint density at radius 3 is 2.92 bits per heavy atom. The summed E-state index contributed by atoms with van der Waals surface area (Å²) in [5.41, 5.74) is 1.24. The quantitative estimate of drug-likeness (QED) is 0.608. The van der Waals surface area contributed by atoms with E-state index >= 15 is 0 Å². The lowest BCUT2D eigenvalue weighted by atomic mass is 10.4. The fourth-order valence-corrected chi connectivity index (χ4v) is 3.86. The maximum absolute atomic E-state index is 12.7. The molecule has 4 heterocycles. The molecule has 0 atom stereocenters. The van der Waals surface area contributed by atoms with Crippen LogP contribution in [0.5, 0.6) is 0 Å². The first-order valence-electron chi connectivity index (χ1n) is 7.81. The lowest BCUT2D eigenvalue weighted by molar-refractivity contribution is -0.122. The number of carbonyl (C=O) groups is 1. The second-order valence-corrected chi connectivity index (χ2v) is 7.13. The van der Waals surface area contributed by atoms with Gasteiger partial charge >= 0.3 is 0 Å². The standard InChI is InChI=1S/C17H16N4O3S/c1-10-6-13-15(25-10)7-14-17(23)20(19-11(2)21(13)14)9-16(22)18-8-12-4-3-5-24-12/h3-7H,8-9H2,1-2H3,(H,18,22). The van der Waals surface area contributed by atoms with E-state index in [1.54, 1.807) is 29.7 Å². The van der Waals surface area contributed by atoms with Gasteiger partial charge in [0, 0.05) is 4.88 Å². The smallest absolute Gasteiger partial charge is 0.291 e. The minimum Gasteiger partial charge on any atom is -0.467 e. The average molecular weight is 356 g/mol. The largest absolute Gasteiger partial charge is 0.467 e. The van der Waals surface area contributed by atoms with Crippen molar-refractivity contribution in [1.29, 1.82) is 0 Å². The van der Waals surface area contributed by atoms with Crippen LogP contribution in [0.25, 0.3) is 15.7 Å². The molecule has 1 amide bonds. The topological polar surface area (TPSA) is 81.5 Å². The van der Waals surface area contributed by atoms with Crippen LogP contribution in [0.4, 0.5) is 0 Å². The summed E-state index contributed by atoms with van der Waals surface area (Å²) in [5.74, 6) is 1.03. The molecule has 0 saturated carbocycles.